The molecule has 1 aromatic rings. The highest BCUT2D eigenvalue weighted by molar-refractivity contribution is 6.30. The number of piperazine rings is 1. The van der Waals surface area contributed by atoms with Crippen molar-refractivity contribution in [2.24, 2.45) is 5.92 Å². The molecule has 0 bridgehead atoms. The molecule has 0 unspecified atom stereocenters. The number of likely N-dealkylation sites (N-methyl/N-ethyl adjacent to an activating group) is 1. The van der Waals surface area contributed by atoms with Gasteiger partial charge in [0, 0.05) is 38.8 Å². The van der Waals surface area contributed by atoms with Gasteiger partial charge < -0.3 is 4.90 Å². The molecule has 134 valence electrons. The third-order valence-electron chi connectivity index (χ3n) is 5.82. The summed E-state index contributed by atoms with van der Waals surface area (Å²) in [5, 5.41) is 0.228. The molecule has 1 atom stereocenters. The lowest BCUT2D eigenvalue weighted by Gasteiger charge is -2.42. The van der Waals surface area contributed by atoms with Crippen molar-refractivity contribution in [1.82, 2.24) is 14.7 Å². The van der Waals surface area contributed by atoms with Crippen molar-refractivity contribution in [1.29, 1.82) is 0 Å². The molecular weight excluding hydrogens is 325 g/mol. The molecule has 0 aromatic heterocycles. The Morgan fingerprint density at radius 2 is 1.79 bits per heavy atom. The molecule has 0 spiro atoms. The molecule has 2 heterocycles. The molecule has 2 aliphatic rings. The van der Waals surface area contributed by atoms with Crippen molar-refractivity contribution in [2.45, 2.75) is 32.4 Å². The van der Waals surface area contributed by atoms with Gasteiger partial charge in [-0.15, -0.1) is 0 Å². The summed E-state index contributed by atoms with van der Waals surface area (Å²) < 4.78 is 13.3. The first-order valence-electron chi connectivity index (χ1n) is 9.12. The average Bonchev–Trinajstić information content (AvgIpc) is 2.59. The number of nitrogens with zero attached hydrogens (tertiary/aromatic N) is 3. The van der Waals surface area contributed by atoms with Gasteiger partial charge in [-0.3, -0.25) is 9.80 Å². The van der Waals surface area contributed by atoms with Gasteiger partial charge >= 0.3 is 0 Å². The van der Waals surface area contributed by atoms with Crippen LogP contribution in [0.2, 0.25) is 5.02 Å². The summed E-state index contributed by atoms with van der Waals surface area (Å²) in [6, 6.07) is 5.76. The third-order valence-corrected chi connectivity index (χ3v) is 6.11. The van der Waals surface area contributed by atoms with Crippen molar-refractivity contribution in [3.63, 3.8) is 0 Å². The Kier molecular flexibility index (Phi) is 6.14. The SMILES string of the molecule is C[C@@H](C1CCN(Cc2ccc(F)c(Cl)c2)CC1)N1CCN(C)CC1. The maximum absolute atomic E-state index is 13.3. The molecule has 5 heteroatoms. The van der Waals surface area contributed by atoms with E-state index in [0.717, 1.165) is 31.1 Å². The van der Waals surface area contributed by atoms with Crippen molar-refractivity contribution in [3.05, 3.63) is 34.6 Å². The van der Waals surface area contributed by atoms with Crippen LogP contribution in [-0.4, -0.2) is 67.1 Å². The van der Waals surface area contributed by atoms with Gasteiger partial charge in [0.15, 0.2) is 0 Å². The second kappa shape index (κ2) is 8.13. The van der Waals surface area contributed by atoms with Gasteiger partial charge in [0.25, 0.3) is 0 Å². The standard InChI is InChI=1S/C19H29ClFN3/c1-15(24-11-9-22(2)10-12-24)17-5-7-23(8-6-17)14-16-3-4-19(21)18(20)13-16/h3-4,13,15,17H,5-12,14H2,1-2H3/t15-/m0/s1. The van der Waals surface area contributed by atoms with Gasteiger partial charge in [0.05, 0.1) is 5.02 Å². The van der Waals surface area contributed by atoms with Gasteiger partial charge in [-0.1, -0.05) is 17.7 Å². The zero-order chi connectivity index (χ0) is 17.1. The second-order valence-corrected chi connectivity index (χ2v) is 7.85. The van der Waals surface area contributed by atoms with E-state index in [2.05, 4.69) is 28.7 Å². The average molecular weight is 354 g/mol. The smallest absolute Gasteiger partial charge is 0.141 e. The lowest BCUT2D eigenvalue weighted by molar-refractivity contribution is 0.0598. The van der Waals surface area contributed by atoms with E-state index in [0.29, 0.717) is 6.04 Å². The minimum Gasteiger partial charge on any atom is -0.304 e. The molecule has 0 aliphatic carbocycles. The Morgan fingerprint density at radius 1 is 1.12 bits per heavy atom. The van der Waals surface area contributed by atoms with E-state index in [1.54, 1.807) is 6.07 Å². The van der Waals surface area contributed by atoms with Crippen LogP contribution in [0.1, 0.15) is 25.3 Å². The molecule has 24 heavy (non-hydrogen) atoms. The maximum atomic E-state index is 13.3. The monoisotopic (exact) mass is 353 g/mol. The lowest BCUT2D eigenvalue weighted by Crippen LogP contribution is -2.51. The first-order chi connectivity index (χ1) is 11.5. The van der Waals surface area contributed by atoms with Crippen LogP contribution in [0.5, 0.6) is 0 Å². The Hall–Kier alpha value is -0.680. The van der Waals surface area contributed by atoms with E-state index in [1.165, 1.54) is 45.1 Å². The van der Waals surface area contributed by atoms with Gasteiger partial charge in [0.1, 0.15) is 5.82 Å². The molecule has 0 radical (unpaired) electrons. The van der Waals surface area contributed by atoms with Crippen LogP contribution < -0.4 is 0 Å². The van der Waals surface area contributed by atoms with Crippen LogP contribution >= 0.6 is 11.6 Å². The minimum absolute atomic E-state index is 0.228. The van der Waals surface area contributed by atoms with Gasteiger partial charge in [-0.2, -0.15) is 0 Å². The highest BCUT2D eigenvalue weighted by Crippen LogP contribution is 2.26. The van der Waals surface area contributed by atoms with Crippen LogP contribution in [0.25, 0.3) is 0 Å². The Balaban J connectivity index is 1.47. The van der Waals surface area contributed by atoms with Crippen molar-refractivity contribution >= 4 is 11.6 Å². The zero-order valence-corrected chi connectivity index (χ0v) is 15.6. The van der Waals surface area contributed by atoms with E-state index >= 15 is 0 Å². The molecule has 3 nitrogen and oxygen atoms in total. The van der Waals surface area contributed by atoms with E-state index in [-0.39, 0.29) is 10.8 Å². The predicted molar refractivity (Wildman–Crippen MR) is 97.9 cm³/mol. The molecule has 0 amide bonds. The molecule has 2 saturated heterocycles. The highest BCUT2D eigenvalue weighted by atomic mass is 35.5. The fraction of sp³-hybridized carbons (Fsp3) is 0.684. The summed E-state index contributed by atoms with van der Waals surface area (Å²) in [6.45, 7) is 10.3. The van der Waals surface area contributed by atoms with Crippen LogP contribution in [0.3, 0.4) is 0 Å². The summed E-state index contributed by atoms with van der Waals surface area (Å²) >= 11 is 5.89. The summed E-state index contributed by atoms with van der Waals surface area (Å²) in [6.07, 6.45) is 2.50. The number of hydrogen-bond acceptors (Lipinski definition) is 3. The van der Waals surface area contributed by atoms with E-state index in [1.807, 2.05) is 6.07 Å². The quantitative estimate of drug-likeness (QED) is 0.822. The van der Waals surface area contributed by atoms with Crippen LogP contribution in [0.4, 0.5) is 4.39 Å². The number of hydrogen-bond donors (Lipinski definition) is 0. The summed E-state index contributed by atoms with van der Waals surface area (Å²) in [5.74, 6) is 0.460. The Morgan fingerprint density at radius 3 is 2.42 bits per heavy atom. The van der Waals surface area contributed by atoms with Crippen molar-refractivity contribution < 1.29 is 4.39 Å². The van der Waals surface area contributed by atoms with Crippen molar-refractivity contribution in [2.75, 3.05) is 46.3 Å². The normalized spacial score (nSPS) is 23.5. The Bertz CT molecular complexity index is 537. The van der Waals surface area contributed by atoms with Crippen LogP contribution in [0.15, 0.2) is 18.2 Å². The van der Waals surface area contributed by atoms with E-state index in [9.17, 15) is 4.39 Å². The first-order valence-corrected chi connectivity index (χ1v) is 9.49. The summed E-state index contributed by atoms with van der Waals surface area (Å²) in [4.78, 5) is 7.55. The number of benzene rings is 1. The fourth-order valence-electron chi connectivity index (χ4n) is 4.02. The van der Waals surface area contributed by atoms with E-state index < -0.39 is 0 Å². The maximum Gasteiger partial charge on any atom is 0.141 e. The molecule has 3 rings (SSSR count). The number of piperidine rings is 1. The number of rotatable bonds is 4. The van der Waals surface area contributed by atoms with Gasteiger partial charge in [0.2, 0.25) is 0 Å². The van der Waals surface area contributed by atoms with Crippen LogP contribution in [-0.2, 0) is 6.54 Å². The molecular formula is C19H29ClFN3. The van der Waals surface area contributed by atoms with Crippen LogP contribution in [0, 0.1) is 11.7 Å². The topological polar surface area (TPSA) is 9.72 Å². The zero-order valence-electron chi connectivity index (χ0n) is 14.8. The molecule has 1 aromatic carbocycles. The molecule has 0 N–H and O–H groups in total. The first kappa shape index (κ1) is 18.1. The van der Waals surface area contributed by atoms with Crippen molar-refractivity contribution in [3.8, 4) is 0 Å². The lowest BCUT2D eigenvalue weighted by atomic mass is 9.89. The number of likely N-dealkylation sites (tertiary alicyclic amines) is 1. The molecule has 2 fully saturated rings. The molecule has 0 saturated carbocycles. The fourth-order valence-corrected chi connectivity index (χ4v) is 4.22. The third kappa shape index (κ3) is 4.48. The second-order valence-electron chi connectivity index (χ2n) is 7.44. The molecule has 2 aliphatic heterocycles. The largest absolute Gasteiger partial charge is 0.304 e. The Labute approximate surface area is 150 Å². The predicted octanol–water partition coefficient (Wildman–Crippen LogP) is 3.33. The minimum atomic E-state index is -0.333. The summed E-state index contributed by atoms with van der Waals surface area (Å²) in [7, 11) is 2.21. The van der Waals surface area contributed by atoms with Gasteiger partial charge in [-0.05, 0) is 63.5 Å². The highest BCUT2D eigenvalue weighted by Gasteiger charge is 2.29. The van der Waals surface area contributed by atoms with Gasteiger partial charge in [-0.25, -0.2) is 4.39 Å². The number of halogens is 2. The van der Waals surface area contributed by atoms with E-state index in [4.69, 9.17) is 11.6 Å². The summed E-state index contributed by atoms with van der Waals surface area (Å²) in [5.41, 5.74) is 1.10.